The molecule has 0 atom stereocenters. The Balaban J connectivity index is 1.23. The van der Waals surface area contributed by atoms with Gasteiger partial charge in [-0.05, 0) is 92.1 Å². The van der Waals surface area contributed by atoms with Crippen molar-refractivity contribution < 1.29 is 23.4 Å². The van der Waals surface area contributed by atoms with E-state index in [1.54, 1.807) is 6.92 Å². The van der Waals surface area contributed by atoms with Gasteiger partial charge in [-0.1, -0.05) is 6.07 Å². The summed E-state index contributed by atoms with van der Waals surface area (Å²) in [5.41, 5.74) is 2.79. The minimum absolute atomic E-state index is 0.182. The van der Waals surface area contributed by atoms with E-state index in [0.717, 1.165) is 55.8 Å². The Kier molecular flexibility index (Phi) is 8.81. The molecule has 1 saturated heterocycles. The maximum absolute atomic E-state index is 15.0. The quantitative estimate of drug-likeness (QED) is 0.167. The van der Waals surface area contributed by atoms with Crippen molar-refractivity contribution in [3.63, 3.8) is 0 Å². The molecule has 0 saturated carbocycles. The molecule has 11 heteroatoms. The molecule has 1 aliphatic rings. The lowest BCUT2D eigenvalue weighted by atomic mass is 9.96. The Hall–Kier alpha value is -4.71. The van der Waals surface area contributed by atoms with Gasteiger partial charge in [0.15, 0.2) is 0 Å². The number of piperazine rings is 1. The van der Waals surface area contributed by atoms with Crippen molar-refractivity contribution in [2.45, 2.75) is 26.4 Å². The zero-order chi connectivity index (χ0) is 32.4. The number of carbonyl (C=O) groups is 1. The molecule has 0 bridgehead atoms. The molecule has 1 aliphatic heterocycles. The van der Waals surface area contributed by atoms with Crippen molar-refractivity contribution in [1.82, 2.24) is 25.2 Å². The van der Waals surface area contributed by atoms with E-state index in [-0.39, 0.29) is 11.3 Å². The predicted molar refractivity (Wildman–Crippen MR) is 174 cm³/mol. The lowest BCUT2D eigenvalue weighted by Crippen LogP contribution is -2.44. The van der Waals surface area contributed by atoms with Crippen LogP contribution >= 0.6 is 0 Å². The van der Waals surface area contributed by atoms with Crippen LogP contribution < -0.4 is 15.4 Å². The second-order valence-corrected chi connectivity index (χ2v) is 12.0. The van der Waals surface area contributed by atoms with Crippen LogP contribution in [0.15, 0.2) is 67.0 Å². The molecule has 3 heterocycles. The minimum atomic E-state index is -1.27. The summed E-state index contributed by atoms with van der Waals surface area (Å²) in [6.07, 6.45) is 1.40. The van der Waals surface area contributed by atoms with Gasteiger partial charge in [0.25, 0.3) is 5.91 Å². The molecule has 9 nitrogen and oxygen atoms in total. The van der Waals surface area contributed by atoms with E-state index < -0.39 is 23.1 Å². The minimum Gasteiger partial charge on any atom is -0.492 e. The zero-order valence-corrected chi connectivity index (χ0v) is 26.0. The van der Waals surface area contributed by atoms with Gasteiger partial charge in [0.1, 0.15) is 36.0 Å². The highest BCUT2D eigenvalue weighted by atomic mass is 19.1. The number of aromatic amines is 1. The monoisotopic (exact) mass is 626 g/mol. The second kappa shape index (κ2) is 13.0. The van der Waals surface area contributed by atoms with E-state index in [0.29, 0.717) is 40.0 Å². The molecule has 0 radical (unpaired) electrons. The number of carbonyl (C=O) groups excluding carboxylic acids is 1. The van der Waals surface area contributed by atoms with E-state index in [9.17, 15) is 18.7 Å². The summed E-state index contributed by atoms with van der Waals surface area (Å²) in [7, 11) is 0. The van der Waals surface area contributed by atoms with Crippen molar-refractivity contribution >= 4 is 22.6 Å². The van der Waals surface area contributed by atoms with Crippen molar-refractivity contribution in [2.24, 2.45) is 0 Å². The van der Waals surface area contributed by atoms with Crippen LogP contribution in [0.25, 0.3) is 33.5 Å². The first-order chi connectivity index (χ1) is 22.1. The molecule has 3 aromatic carbocycles. The van der Waals surface area contributed by atoms with E-state index in [1.807, 2.05) is 30.3 Å². The molecule has 0 unspecified atom stereocenters. The Morgan fingerprint density at radius 1 is 1.04 bits per heavy atom. The largest absolute Gasteiger partial charge is 0.492 e. The summed E-state index contributed by atoms with van der Waals surface area (Å²) in [5, 5.41) is 16.8. The zero-order valence-electron chi connectivity index (χ0n) is 26.0. The van der Waals surface area contributed by atoms with Crippen LogP contribution in [-0.4, -0.2) is 70.2 Å². The van der Waals surface area contributed by atoms with Crippen LogP contribution in [0.4, 0.5) is 14.5 Å². The van der Waals surface area contributed by atoms with E-state index in [4.69, 9.17) is 4.74 Å². The molecule has 0 spiro atoms. The van der Waals surface area contributed by atoms with E-state index in [2.05, 4.69) is 30.5 Å². The van der Waals surface area contributed by atoms with Crippen LogP contribution in [0.1, 0.15) is 35.3 Å². The molecule has 238 valence electrons. The number of halogens is 2. The average molecular weight is 627 g/mol. The number of nitrogens with zero attached hydrogens (tertiary/aromatic N) is 3. The first-order valence-electron chi connectivity index (χ1n) is 15.2. The normalized spacial score (nSPS) is 14.0. The number of fused-ring (bicyclic) bond motifs is 1. The Labute approximate surface area is 265 Å². The number of hydrogen-bond acceptors (Lipinski definition) is 7. The molecule has 46 heavy (non-hydrogen) atoms. The van der Waals surface area contributed by atoms with E-state index in [1.165, 1.54) is 44.4 Å². The van der Waals surface area contributed by atoms with Gasteiger partial charge in [-0.3, -0.25) is 9.69 Å². The summed E-state index contributed by atoms with van der Waals surface area (Å²) in [5.74, 6) is -1.34. The number of anilines is 1. The highest BCUT2D eigenvalue weighted by Gasteiger charge is 2.22. The summed E-state index contributed by atoms with van der Waals surface area (Å²) < 4.78 is 35.8. The first-order valence-corrected chi connectivity index (χ1v) is 15.2. The predicted octanol–water partition coefficient (Wildman–Crippen LogP) is 5.64. The molecule has 1 amide bonds. The summed E-state index contributed by atoms with van der Waals surface area (Å²) in [6, 6.07) is 16.1. The topological polar surface area (TPSA) is 115 Å². The third-order valence-corrected chi connectivity index (χ3v) is 8.27. The van der Waals surface area contributed by atoms with Crippen molar-refractivity contribution in [1.29, 1.82) is 0 Å². The SMILES string of the molecule is Cc1c(NC(=O)c2ccc(C(C)(C)O)cc2F)cc(F)cc1-c1ncnc2[nH]c(-c3ccc(OCCN4CCNCC4)cc3)cc12. The number of H-pyrrole nitrogens is 1. The number of amides is 1. The molecule has 1 fully saturated rings. The second-order valence-electron chi connectivity index (χ2n) is 12.0. The van der Waals surface area contributed by atoms with Gasteiger partial charge < -0.3 is 25.5 Å². The average Bonchev–Trinajstić information content (AvgIpc) is 3.48. The van der Waals surface area contributed by atoms with Crippen LogP contribution in [0, 0.1) is 18.6 Å². The lowest BCUT2D eigenvalue weighted by molar-refractivity contribution is 0.0780. The number of benzene rings is 3. The fourth-order valence-electron chi connectivity index (χ4n) is 5.59. The summed E-state index contributed by atoms with van der Waals surface area (Å²) >= 11 is 0. The number of ether oxygens (including phenoxy) is 1. The third-order valence-electron chi connectivity index (χ3n) is 8.27. The lowest BCUT2D eigenvalue weighted by Gasteiger charge is -2.26. The van der Waals surface area contributed by atoms with Crippen LogP contribution in [-0.2, 0) is 5.60 Å². The maximum atomic E-state index is 15.0. The number of hydrogen-bond donors (Lipinski definition) is 4. The number of aliphatic hydroxyl groups is 1. The van der Waals surface area contributed by atoms with Gasteiger partial charge in [-0.2, -0.15) is 0 Å². The van der Waals surface area contributed by atoms with Gasteiger partial charge >= 0.3 is 0 Å². The summed E-state index contributed by atoms with van der Waals surface area (Å²) in [6.45, 7) is 10.3. The molecular formula is C35H36F2N6O3. The van der Waals surface area contributed by atoms with E-state index >= 15 is 0 Å². The van der Waals surface area contributed by atoms with Crippen LogP contribution in [0.5, 0.6) is 5.75 Å². The maximum Gasteiger partial charge on any atom is 0.258 e. The molecule has 6 rings (SSSR count). The Morgan fingerprint density at radius 2 is 1.80 bits per heavy atom. The van der Waals surface area contributed by atoms with Crippen molar-refractivity contribution in [3.05, 3.63) is 95.3 Å². The number of rotatable bonds is 9. The van der Waals surface area contributed by atoms with Crippen molar-refractivity contribution in [2.75, 3.05) is 44.6 Å². The first kappa shape index (κ1) is 31.3. The van der Waals surface area contributed by atoms with Crippen molar-refractivity contribution in [3.8, 4) is 28.3 Å². The number of nitrogens with one attached hydrogen (secondary N) is 3. The van der Waals surface area contributed by atoms with Gasteiger partial charge in [-0.25, -0.2) is 18.7 Å². The molecule has 2 aromatic heterocycles. The molecular weight excluding hydrogens is 590 g/mol. The standard InChI is InChI=1S/C35H36F2N6O3/c1-21-27(17-24(36)18-30(21)42-34(44)26-9-6-23(16-29(26)37)35(2,3)45)32-28-19-31(41-33(28)40-20-39-32)22-4-7-25(8-5-22)46-15-14-43-12-10-38-11-13-43/h4-9,16-20,38,45H,10-15H2,1-3H3,(H,42,44)(H,39,40,41). The number of aromatic nitrogens is 3. The van der Waals surface area contributed by atoms with Gasteiger partial charge in [0.2, 0.25) is 0 Å². The third kappa shape index (κ3) is 6.76. The highest BCUT2D eigenvalue weighted by Crippen LogP contribution is 2.35. The highest BCUT2D eigenvalue weighted by molar-refractivity contribution is 6.06. The summed E-state index contributed by atoms with van der Waals surface area (Å²) in [4.78, 5) is 27.6. The fourth-order valence-corrected chi connectivity index (χ4v) is 5.59. The smallest absolute Gasteiger partial charge is 0.258 e. The van der Waals surface area contributed by atoms with Gasteiger partial charge in [0.05, 0.1) is 16.9 Å². The molecule has 4 N–H and O–H groups in total. The van der Waals surface area contributed by atoms with Gasteiger partial charge in [-0.15, -0.1) is 0 Å². The van der Waals surface area contributed by atoms with Crippen LogP contribution in [0.3, 0.4) is 0 Å². The van der Waals surface area contributed by atoms with Crippen LogP contribution in [0.2, 0.25) is 0 Å². The van der Waals surface area contributed by atoms with Gasteiger partial charge in [0, 0.05) is 55.1 Å². The Morgan fingerprint density at radius 3 is 2.52 bits per heavy atom. The molecule has 5 aromatic rings. The molecule has 0 aliphatic carbocycles. The fraction of sp³-hybridized carbons (Fsp3) is 0.286. The Bertz CT molecular complexity index is 1880.